The van der Waals surface area contributed by atoms with Gasteiger partial charge in [0.2, 0.25) is 0 Å². The Morgan fingerprint density at radius 1 is 0.750 bits per heavy atom. The van der Waals surface area contributed by atoms with Crippen LogP contribution in [0, 0.1) is 0 Å². The van der Waals surface area contributed by atoms with Gasteiger partial charge >= 0.3 is 0 Å². The molecule has 0 saturated carbocycles. The molecule has 112 valence electrons. The van der Waals surface area contributed by atoms with Gasteiger partial charge in [0.05, 0.1) is 0 Å². The van der Waals surface area contributed by atoms with Crippen LogP contribution in [0.3, 0.4) is 0 Å². The largest absolute Gasteiger partial charge is 0.300 e. The Labute approximate surface area is 124 Å². The van der Waals surface area contributed by atoms with Gasteiger partial charge in [0, 0.05) is 6.42 Å². The summed E-state index contributed by atoms with van der Waals surface area (Å²) in [5, 5.41) is 0. The molecule has 0 fully saturated rings. The summed E-state index contributed by atoms with van der Waals surface area (Å²) in [6, 6.07) is 10.8. The van der Waals surface area contributed by atoms with Crippen LogP contribution in [0.4, 0.5) is 0 Å². The van der Waals surface area contributed by atoms with Crippen LogP contribution < -0.4 is 0 Å². The summed E-state index contributed by atoms with van der Waals surface area (Å²) in [7, 11) is 0. The van der Waals surface area contributed by atoms with Crippen LogP contribution in [-0.4, -0.2) is 5.78 Å². The van der Waals surface area contributed by atoms with Gasteiger partial charge in [0.25, 0.3) is 0 Å². The zero-order valence-electron chi connectivity index (χ0n) is 13.1. The number of unbranched alkanes of at least 4 members (excludes halogenated alkanes) is 8. The monoisotopic (exact) mass is 274 g/mol. The molecule has 0 radical (unpaired) electrons. The summed E-state index contributed by atoms with van der Waals surface area (Å²) in [6.45, 7) is 1.69. The highest BCUT2D eigenvalue weighted by Gasteiger charge is 1.96. The lowest BCUT2D eigenvalue weighted by molar-refractivity contribution is -0.117. The molecule has 0 amide bonds. The number of Topliss-reactive ketones (excluding diaryl/α,β-unsaturated/α-hetero) is 1. The Kier molecular flexibility index (Phi) is 9.91. The number of aryl methyl sites for hydroxylation is 1. The molecule has 0 unspecified atom stereocenters. The maximum absolute atomic E-state index is 10.8. The van der Waals surface area contributed by atoms with Crippen LogP contribution in [0.25, 0.3) is 0 Å². The van der Waals surface area contributed by atoms with Crippen molar-refractivity contribution in [2.45, 2.75) is 77.6 Å². The van der Waals surface area contributed by atoms with Gasteiger partial charge in [-0.2, -0.15) is 0 Å². The van der Waals surface area contributed by atoms with Crippen LogP contribution >= 0.6 is 0 Å². The first kappa shape index (κ1) is 16.9. The molecule has 1 heteroatoms. The van der Waals surface area contributed by atoms with Gasteiger partial charge in [0.1, 0.15) is 5.78 Å². The molecule has 1 aromatic rings. The summed E-state index contributed by atoms with van der Waals surface area (Å²) >= 11 is 0. The first-order valence-corrected chi connectivity index (χ1v) is 8.32. The van der Waals surface area contributed by atoms with Gasteiger partial charge in [0.15, 0.2) is 0 Å². The zero-order valence-corrected chi connectivity index (χ0v) is 13.1. The quantitative estimate of drug-likeness (QED) is 0.445. The molecule has 1 aromatic carbocycles. The first-order valence-electron chi connectivity index (χ1n) is 8.32. The van der Waals surface area contributed by atoms with Crippen molar-refractivity contribution < 1.29 is 4.79 Å². The van der Waals surface area contributed by atoms with E-state index in [1.54, 1.807) is 6.92 Å². The predicted molar refractivity (Wildman–Crippen MR) is 87.0 cm³/mol. The van der Waals surface area contributed by atoms with E-state index in [-0.39, 0.29) is 0 Å². The van der Waals surface area contributed by atoms with E-state index >= 15 is 0 Å². The van der Waals surface area contributed by atoms with Crippen LogP contribution in [0.1, 0.15) is 76.7 Å². The minimum Gasteiger partial charge on any atom is -0.300 e. The van der Waals surface area contributed by atoms with E-state index in [4.69, 9.17) is 0 Å². The Morgan fingerprint density at radius 3 is 1.80 bits per heavy atom. The number of carbonyl (C=O) groups is 1. The molecule has 0 saturated heterocycles. The van der Waals surface area contributed by atoms with Crippen LogP contribution in [0.15, 0.2) is 30.3 Å². The third-order valence-electron chi connectivity index (χ3n) is 3.84. The standard InChI is InChI=1S/C19H30O/c1-18(20)14-10-7-5-3-2-4-6-8-11-15-19-16-12-9-13-17-19/h9,12-13,16-17H,2-8,10-11,14-15H2,1H3. The normalized spacial score (nSPS) is 10.7. The number of benzene rings is 1. The lowest BCUT2D eigenvalue weighted by Crippen LogP contribution is -1.89. The molecule has 0 aliphatic heterocycles. The molecule has 0 aliphatic rings. The van der Waals surface area contributed by atoms with Crippen molar-refractivity contribution in [1.82, 2.24) is 0 Å². The van der Waals surface area contributed by atoms with Crippen molar-refractivity contribution in [3.05, 3.63) is 35.9 Å². The fourth-order valence-electron chi connectivity index (χ4n) is 2.59. The second kappa shape index (κ2) is 11.7. The van der Waals surface area contributed by atoms with Crippen LogP contribution in [0.2, 0.25) is 0 Å². The highest BCUT2D eigenvalue weighted by atomic mass is 16.1. The highest BCUT2D eigenvalue weighted by molar-refractivity contribution is 5.75. The highest BCUT2D eigenvalue weighted by Crippen LogP contribution is 2.12. The number of ketones is 1. The molecular formula is C19H30O. The smallest absolute Gasteiger partial charge is 0.129 e. The minimum absolute atomic E-state index is 0.336. The van der Waals surface area contributed by atoms with Gasteiger partial charge in [-0.3, -0.25) is 0 Å². The third-order valence-corrected chi connectivity index (χ3v) is 3.84. The van der Waals surface area contributed by atoms with Gasteiger partial charge in [-0.15, -0.1) is 0 Å². The maximum Gasteiger partial charge on any atom is 0.129 e. The van der Waals surface area contributed by atoms with E-state index < -0.39 is 0 Å². The second-order valence-corrected chi connectivity index (χ2v) is 5.87. The van der Waals surface area contributed by atoms with Crippen molar-refractivity contribution in [1.29, 1.82) is 0 Å². The van der Waals surface area contributed by atoms with E-state index in [0.717, 1.165) is 12.8 Å². The number of hydrogen-bond acceptors (Lipinski definition) is 1. The Balaban J connectivity index is 1.80. The van der Waals surface area contributed by atoms with Crippen LogP contribution in [-0.2, 0) is 11.2 Å². The Hall–Kier alpha value is -1.11. The van der Waals surface area contributed by atoms with E-state index in [1.807, 2.05) is 0 Å². The molecule has 0 heterocycles. The molecule has 20 heavy (non-hydrogen) atoms. The zero-order chi connectivity index (χ0) is 14.5. The van der Waals surface area contributed by atoms with E-state index in [9.17, 15) is 4.79 Å². The third kappa shape index (κ3) is 9.77. The fraction of sp³-hybridized carbons (Fsp3) is 0.632. The average molecular weight is 274 g/mol. The molecule has 0 N–H and O–H groups in total. The Bertz CT molecular complexity index is 342. The maximum atomic E-state index is 10.8. The van der Waals surface area contributed by atoms with Crippen molar-refractivity contribution >= 4 is 5.78 Å². The molecule has 0 aromatic heterocycles. The van der Waals surface area contributed by atoms with Crippen molar-refractivity contribution in [2.24, 2.45) is 0 Å². The van der Waals surface area contributed by atoms with Crippen molar-refractivity contribution in [3.8, 4) is 0 Å². The molecule has 1 rings (SSSR count). The average Bonchev–Trinajstić information content (AvgIpc) is 2.45. The van der Waals surface area contributed by atoms with Crippen molar-refractivity contribution in [2.75, 3.05) is 0 Å². The van der Waals surface area contributed by atoms with E-state index in [2.05, 4.69) is 30.3 Å². The molecule has 1 nitrogen and oxygen atoms in total. The fourth-order valence-corrected chi connectivity index (χ4v) is 2.59. The lowest BCUT2D eigenvalue weighted by Gasteiger charge is -2.03. The summed E-state index contributed by atoms with van der Waals surface area (Å²) in [4.78, 5) is 10.8. The summed E-state index contributed by atoms with van der Waals surface area (Å²) in [5.41, 5.74) is 1.47. The van der Waals surface area contributed by atoms with Gasteiger partial charge < -0.3 is 4.79 Å². The molecule has 0 atom stereocenters. The second-order valence-electron chi connectivity index (χ2n) is 5.87. The lowest BCUT2D eigenvalue weighted by atomic mass is 10.0. The minimum atomic E-state index is 0.336. The summed E-state index contributed by atoms with van der Waals surface area (Å²) in [6.07, 6.45) is 13.8. The predicted octanol–water partition coefficient (Wildman–Crippen LogP) is 5.72. The van der Waals surface area contributed by atoms with Crippen LogP contribution in [0.5, 0.6) is 0 Å². The number of rotatable bonds is 12. The van der Waals surface area contributed by atoms with Crippen molar-refractivity contribution in [3.63, 3.8) is 0 Å². The summed E-state index contributed by atoms with van der Waals surface area (Å²) < 4.78 is 0. The summed E-state index contributed by atoms with van der Waals surface area (Å²) in [5.74, 6) is 0.336. The molecular weight excluding hydrogens is 244 g/mol. The molecule has 0 aliphatic carbocycles. The van der Waals surface area contributed by atoms with E-state index in [1.165, 1.54) is 63.4 Å². The Morgan fingerprint density at radius 2 is 1.25 bits per heavy atom. The molecule has 0 spiro atoms. The van der Waals surface area contributed by atoms with Gasteiger partial charge in [-0.1, -0.05) is 75.3 Å². The van der Waals surface area contributed by atoms with Gasteiger partial charge in [-0.25, -0.2) is 0 Å². The number of carbonyl (C=O) groups excluding carboxylic acids is 1. The van der Waals surface area contributed by atoms with Gasteiger partial charge in [-0.05, 0) is 31.7 Å². The van der Waals surface area contributed by atoms with E-state index in [0.29, 0.717) is 5.78 Å². The SMILES string of the molecule is CC(=O)CCCCCCCCCCCc1ccccc1. The topological polar surface area (TPSA) is 17.1 Å². The number of hydrogen-bond donors (Lipinski definition) is 0. The molecule has 0 bridgehead atoms. The first-order chi connectivity index (χ1) is 9.79.